The molecule has 1 aromatic heterocycles. The van der Waals surface area contributed by atoms with Crippen LogP contribution in [0.1, 0.15) is 61.6 Å². The van der Waals surface area contributed by atoms with Crippen molar-refractivity contribution in [2.75, 3.05) is 26.2 Å². The number of aliphatic hydroxyl groups is 1. The minimum Gasteiger partial charge on any atom is -0.483 e. The number of carbonyl (C=O) groups excluding carboxylic acids is 2. The molecule has 188 valence electrons. The molecule has 2 aromatic rings. The van der Waals surface area contributed by atoms with E-state index in [1.807, 2.05) is 19.1 Å². The molecule has 2 N–H and O–H groups in total. The number of aryl methyl sites for hydroxylation is 2. The summed E-state index contributed by atoms with van der Waals surface area (Å²) in [7, 11) is 0. The van der Waals surface area contributed by atoms with E-state index < -0.39 is 11.5 Å². The third-order valence-corrected chi connectivity index (χ3v) is 8.17. The smallest absolute Gasteiger partial charge is 0.339 e. The van der Waals surface area contributed by atoms with Crippen molar-refractivity contribution >= 4 is 22.8 Å². The fraction of sp³-hybridized carbons (Fsp3) is 0.593. The quantitative estimate of drug-likeness (QED) is 0.634. The van der Waals surface area contributed by atoms with E-state index in [0.29, 0.717) is 36.4 Å². The van der Waals surface area contributed by atoms with E-state index in [2.05, 4.69) is 5.32 Å². The van der Waals surface area contributed by atoms with Crippen LogP contribution < -0.4 is 15.7 Å². The average Bonchev–Trinajstić information content (AvgIpc) is 2.87. The van der Waals surface area contributed by atoms with Gasteiger partial charge in [-0.25, -0.2) is 4.79 Å². The van der Waals surface area contributed by atoms with Crippen molar-refractivity contribution in [2.24, 2.45) is 5.92 Å². The number of rotatable bonds is 5. The number of amides is 2. The van der Waals surface area contributed by atoms with Crippen LogP contribution in [-0.4, -0.2) is 53.7 Å². The van der Waals surface area contributed by atoms with Crippen LogP contribution in [0.4, 0.5) is 0 Å². The number of hydrogen-bond acceptors (Lipinski definition) is 6. The van der Waals surface area contributed by atoms with E-state index >= 15 is 0 Å². The van der Waals surface area contributed by atoms with Gasteiger partial charge in [-0.1, -0.05) is 12.8 Å². The summed E-state index contributed by atoms with van der Waals surface area (Å²) in [6.07, 6.45) is 8.16. The third-order valence-electron chi connectivity index (χ3n) is 8.17. The zero-order valence-electron chi connectivity index (χ0n) is 20.4. The minimum absolute atomic E-state index is 0.0922. The van der Waals surface area contributed by atoms with Crippen LogP contribution in [-0.2, 0) is 22.4 Å². The predicted octanol–water partition coefficient (Wildman–Crippen LogP) is 2.63. The highest BCUT2D eigenvalue weighted by Crippen LogP contribution is 2.39. The Morgan fingerprint density at radius 3 is 2.80 bits per heavy atom. The van der Waals surface area contributed by atoms with Crippen molar-refractivity contribution in [1.29, 1.82) is 0 Å². The van der Waals surface area contributed by atoms with Crippen LogP contribution in [0.3, 0.4) is 0 Å². The van der Waals surface area contributed by atoms with Crippen LogP contribution in [0.15, 0.2) is 21.3 Å². The summed E-state index contributed by atoms with van der Waals surface area (Å²) in [5.74, 6) is 0.0651. The van der Waals surface area contributed by atoms with Crippen LogP contribution >= 0.6 is 0 Å². The fourth-order valence-corrected chi connectivity index (χ4v) is 6.06. The molecule has 1 aromatic carbocycles. The SMILES string of the molecule is Cc1c(OCC(=O)NCC(=O)N2CC[C@@]3(O)CCCC[C@@H]3C2)ccc2c3c(c(=O)oc12)CCCC3. The summed E-state index contributed by atoms with van der Waals surface area (Å²) in [6.45, 7) is 2.55. The van der Waals surface area contributed by atoms with Crippen molar-refractivity contribution < 1.29 is 23.8 Å². The molecule has 0 spiro atoms. The third kappa shape index (κ3) is 4.68. The number of nitrogens with one attached hydrogen (secondary N) is 1. The van der Waals surface area contributed by atoms with E-state index in [-0.39, 0.29) is 30.6 Å². The predicted molar refractivity (Wildman–Crippen MR) is 130 cm³/mol. The van der Waals surface area contributed by atoms with Crippen LogP contribution in [0, 0.1) is 12.8 Å². The van der Waals surface area contributed by atoms with Gasteiger partial charge in [-0.05, 0) is 69.6 Å². The highest BCUT2D eigenvalue weighted by Gasteiger charge is 2.43. The van der Waals surface area contributed by atoms with Crippen LogP contribution in [0.25, 0.3) is 11.0 Å². The Labute approximate surface area is 204 Å². The Kier molecular flexibility index (Phi) is 6.57. The number of carbonyl (C=O) groups is 2. The topological polar surface area (TPSA) is 109 Å². The van der Waals surface area contributed by atoms with Gasteiger partial charge in [0.05, 0.1) is 12.1 Å². The van der Waals surface area contributed by atoms with Gasteiger partial charge in [0.1, 0.15) is 11.3 Å². The lowest BCUT2D eigenvalue weighted by molar-refractivity contribution is -0.143. The second-order valence-electron chi connectivity index (χ2n) is 10.3. The molecule has 1 aliphatic heterocycles. The standard InChI is InChI=1S/C27H34N2O6/c1-17-22(10-9-20-19-7-2-3-8-21(19)26(32)35-25(17)20)34-16-23(30)28-14-24(31)29-13-12-27(33)11-5-4-6-18(27)15-29/h9-10,18,33H,2-8,11-16H2,1H3,(H,28,30)/t18-,27+/m1/s1. The van der Waals surface area contributed by atoms with Crippen molar-refractivity contribution in [3.8, 4) is 5.75 Å². The molecule has 35 heavy (non-hydrogen) atoms. The molecule has 0 bridgehead atoms. The molecule has 0 unspecified atom stereocenters. The Morgan fingerprint density at radius 2 is 1.97 bits per heavy atom. The molecule has 1 saturated heterocycles. The molecule has 2 aliphatic carbocycles. The van der Waals surface area contributed by atoms with E-state index in [1.54, 1.807) is 4.90 Å². The molecule has 2 fully saturated rings. The van der Waals surface area contributed by atoms with Crippen molar-refractivity contribution in [2.45, 2.75) is 70.3 Å². The number of fused-ring (bicyclic) bond motifs is 4. The van der Waals surface area contributed by atoms with E-state index in [9.17, 15) is 19.5 Å². The molecule has 0 radical (unpaired) electrons. The number of benzene rings is 1. The highest BCUT2D eigenvalue weighted by atomic mass is 16.5. The maximum absolute atomic E-state index is 12.7. The summed E-state index contributed by atoms with van der Waals surface area (Å²) in [4.78, 5) is 39.2. The number of piperidine rings is 1. The summed E-state index contributed by atoms with van der Waals surface area (Å²) in [5, 5.41) is 14.4. The lowest BCUT2D eigenvalue weighted by Crippen LogP contribution is -2.56. The Hall–Kier alpha value is -2.87. The Bertz CT molecular complexity index is 1200. The molecule has 3 aliphatic rings. The molecular formula is C27H34N2O6. The molecule has 8 heteroatoms. The normalized spacial score (nSPS) is 23.9. The molecule has 2 amide bonds. The number of hydrogen-bond donors (Lipinski definition) is 2. The van der Waals surface area contributed by atoms with Gasteiger partial charge in [0, 0.05) is 35.5 Å². The summed E-state index contributed by atoms with van der Waals surface area (Å²) >= 11 is 0. The van der Waals surface area contributed by atoms with Crippen molar-refractivity contribution in [3.05, 3.63) is 39.2 Å². The average molecular weight is 483 g/mol. The second kappa shape index (κ2) is 9.64. The Morgan fingerprint density at radius 1 is 1.17 bits per heavy atom. The maximum atomic E-state index is 12.7. The number of nitrogens with zero attached hydrogens (tertiary/aromatic N) is 1. The fourth-order valence-electron chi connectivity index (χ4n) is 6.06. The number of likely N-dealkylation sites (tertiary alicyclic amines) is 1. The highest BCUT2D eigenvalue weighted by molar-refractivity contribution is 5.87. The van der Waals surface area contributed by atoms with E-state index in [4.69, 9.17) is 9.15 Å². The monoisotopic (exact) mass is 482 g/mol. The van der Waals surface area contributed by atoms with E-state index in [1.165, 1.54) is 0 Å². The Balaban J connectivity index is 1.17. The van der Waals surface area contributed by atoms with Crippen LogP contribution in [0.2, 0.25) is 0 Å². The first kappa shape index (κ1) is 23.9. The molecular weight excluding hydrogens is 448 g/mol. The largest absolute Gasteiger partial charge is 0.483 e. The first-order valence-corrected chi connectivity index (χ1v) is 12.8. The molecule has 2 heterocycles. The van der Waals surface area contributed by atoms with E-state index in [0.717, 1.165) is 67.9 Å². The molecule has 5 rings (SSSR count). The van der Waals surface area contributed by atoms with Gasteiger partial charge in [0.15, 0.2) is 6.61 Å². The van der Waals surface area contributed by atoms with Gasteiger partial charge in [-0.3, -0.25) is 9.59 Å². The van der Waals surface area contributed by atoms with Crippen molar-refractivity contribution in [3.63, 3.8) is 0 Å². The zero-order chi connectivity index (χ0) is 24.6. The van der Waals surface area contributed by atoms with Gasteiger partial charge in [-0.2, -0.15) is 0 Å². The van der Waals surface area contributed by atoms with Gasteiger partial charge in [-0.15, -0.1) is 0 Å². The lowest BCUT2D eigenvalue weighted by Gasteiger charge is -2.47. The summed E-state index contributed by atoms with van der Waals surface area (Å²) < 4.78 is 11.3. The van der Waals surface area contributed by atoms with Crippen molar-refractivity contribution in [1.82, 2.24) is 10.2 Å². The molecule has 8 nitrogen and oxygen atoms in total. The first-order valence-electron chi connectivity index (χ1n) is 12.8. The zero-order valence-corrected chi connectivity index (χ0v) is 20.4. The molecule has 1 saturated carbocycles. The summed E-state index contributed by atoms with van der Waals surface area (Å²) in [5.41, 5.74) is 2.12. The summed E-state index contributed by atoms with van der Waals surface area (Å²) in [6, 6.07) is 3.71. The van der Waals surface area contributed by atoms with Gasteiger partial charge in [0.2, 0.25) is 5.91 Å². The minimum atomic E-state index is -0.637. The second-order valence-corrected chi connectivity index (χ2v) is 10.3. The maximum Gasteiger partial charge on any atom is 0.339 e. The van der Waals surface area contributed by atoms with Gasteiger partial charge in [0.25, 0.3) is 5.91 Å². The first-order chi connectivity index (χ1) is 16.9. The van der Waals surface area contributed by atoms with Crippen LogP contribution in [0.5, 0.6) is 5.75 Å². The molecule has 2 atom stereocenters. The lowest BCUT2D eigenvalue weighted by atomic mass is 9.71. The van der Waals surface area contributed by atoms with Gasteiger partial charge >= 0.3 is 5.63 Å². The van der Waals surface area contributed by atoms with Gasteiger partial charge < -0.3 is 24.5 Å². The number of ether oxygens (including phenoxy) is 1.